The van der Waals surface area contributed by atoms with E-state index >= 15 is 0 Å². The summed E-state index contributed by atoms with van der Waals surface area (Å²) in [6.45, 7) is 4.25. The van der Waals surface area contributed by atoms with E-state index in [9.17, 15) is 13.6 Å². The van der Waals surface area contributed by atoms with Gasteiger partial charge in [0.05, 0.1) is 0 Å². The van der Waals surface area contributed by atoms with Gasteiger partial charge in [-0.15, -0.1) is 0 Å². The molecule has 1 rings (SSSR count). The number of guanidine groups is 1. The molecule has 0 saturated carbocycles. The predicted octanol–water partition coefficient (Wildman–Crippen LogP) is 3.21. The van der Waals surface area contributed by atoms with E-state index in [4.69, 9.17) is 4.74 Å². The Labute approximate surface area is 165 Å². The molecule has 0 aliphatic rings. The molecule has 0 fully saturated rings. The Kier molecular flexibility index (Phi) is 9.47. The number of carbonyl (C=O) groups is 1. The number of alkyl halides is 2. The Morgan fingerprint density at radius 1 is 1.18 bits per heavy atom. The number of halogens is 2. The summed E-state index contributed by atoms with van der Waals surface area (Å²) >= 11 is 0. The van der Waals surface area contributed by atoms with Gasteiger partial charge in [-0.2, -0.15) is 8.78 Å². The SMILES string of the molecule is CN=C(NCCCNC(=O)OC(C)(C)C)N(C)Cc1ccc(OC(F)F)cc1. The first kappa shape index (κ1) is 23.5. The topological polar surface area (TPSA) is 75.2 Å². The molecule has 0 bridgehead atoms. The second kappa shape index (κ2) is 11.3. The lowest BCUT2D eigenvalue weighted by Crippen LogP contribution is -2.40. The van der Waals surface area contributed by atoms with Gasteiger partial charge in [0.15, 0.2) is 5.96 Å². The van der Waals surface area contributed by atoms with Gasteiger partial charge in [0.1, 0.15) is 11.4 Å². The molecule has 0 aliphatic carbocycles. The minimum absolute atomic E-state index is 0.126. The number of hydrogen-bond acceptors (Lipinski definition) is 4. The zero-order valence-electron chi connectivity index (χ0n) is 17.1. The molecular formula is C19H30F2N4O3. The monoisotopic (exact) mass is 400 g/mol. The van der Waals surface area contributed by atoms with E-state index < -0.39 is 18.3 Å². The number of ether oxygens (including phenoxy) is 2. The molecule has 1 aromatic rings. The molecule has 0 aliphatic heterocycles. The van der Waals surface area contributed by atoms with Crippen LogP contribution in [-0.4, -0.2) is 56.4 Å². The first-order valence-electron chi connectivity index (χ1n) is 9.03. The number of rotatable bonds is 8. The first-order chi connectivity index (χ1) is 13.1. The second-order valence-electron chi connectivity index (χ2n) is 7.13. The molecule has 0 radical (unpaired) electrons. The molecule has 0 aromatic heterocycles. The summed E-state index contributed by atoms with van der Waals surface area (Å²) in [5.74, 6) is 0.812. The Hall–Kier alpha value is -2.58. The summed E-state index contributed by atoms with van der Waals surface area (Å²) in [6.07, 6.45) is 0.263. The lowest BCUT2D eigenvalue weighted by atomic mass is 10.2. The maximum atomic E-state index is 12.2. The quantitative estimate of drug-likeness (QED) is 0.398. The van der Waals surface area contributed by atoms with E-state index in [1.165, 1.54) is 12.1 Å². The zero-order chi connectivity index (χ0) is 21.2. The fraction of sp³-hybridized carbons (Fsp3) is 0.579. The molecule has 0 saturated heterocycles. The van der Waals surface area contributed by atoms with Crippen molar-refractivity contribution < 1.29 is 23.0 Å². The number of hydrogen-bond donors (Lipinski definition) is 2. The van der Waals surface area contributed by atoms with Crippen LogP contribution in [0.3, 0.4) is 0 Å². The van der Waals surface area contributed by atoms with Crippen LogP contribution < -0.4 is 15.4 Å². The Morgan fingerprint density at radius 3 is 2.32 bits per heavy atom. The maximum absolute atomic E-state index is 12.2. The van der Waals surface area contributed by atoms with Crippen LogP contribution >= 0.6 is 0 Å². The highest BCUT2D eigenvalue weighted by atomic mass is 19.3. The molecule has 28 heavy (non-hydrogen) atoms. The van der Waals surface area contributed by atoms with Crippen molar-refractivity contribution in [3.05, 3.63) is 29.8 Å². The van der Waals surface area contributed by atoms with Gasteiger partial charge in [0.2, 0.25) is 0 Å². The average Bonchev–Trinajstić information content (AvgIpc) is 2.57. The normalized spacial score (nSPS) is 11.9. The smallest absolute Gasteiger partial charge is 0.407 e. The van der Waals surface area contributed by atoms with E-state index in [1.54, 1.807) is 19.2 Å². The highest BCUT2D eigenvalue weighted by Crippen LogP contribution is 2.15. The summed E-state index contributed by atoms with van der Waals surface area (Å²) in [6, 6.07) is 6.47. The third kappa shape index (κ3) is 9.94. The fourth-order valence-corrected chi connectivity index (χ4v) is 2.30. The number of benzene rings is 1. The third-order valence-corrected chi connectivity index (χ3v) is 3.45. The molecule has 1 aromatic carbocycles. The largest absolute Gasteiger partial charge is 0.444 e. The van der Waals surface area contributed by atoms with Crippen molar-refractivity contribution in [1.29, 1.82) is 0 Å². The van der Waals surface area contributed by atoms with Crippen molar-refractivity contribution in [2.24, 2.45) is 4.99 Å². The molecule has 1 amide bonds. The van der Waals surface area contributed by atoms with Gasteiger partial charge in [0.25, 0.3) is 0 Å². The Morgan fingerprint density at radius 2 is 1.79 bits per heavy atom. The number of amides is 1. The Bertz CT molecular complexity index is 631. The highest BCUT2D eigenvalue weighted by Gasteiger charge is 2.15. The van der Waals surface area contributed by atoms with E-state index in [0.29, 0.717) is 32.0 Å². The molecule has 0 spiro atoms. The van der Waals surface area contributed by atoms with E-state index in [-0.39, 0.29) is 5.75 Å². The number of nitrogens with one attached hydrogen (secondary N) is 2. The van der Waals surface area contributed by atoms with E-state index in [0.717, 1.165) is 5.56 Å². The van der Waals surface area contributed by atoms with Crippen molar-refractivity contribution in [3.8, 4) is 5.75 Å². The molecule has 2 N–H and O–H groups in total. The van der Waals surface area contributed by atoms with Gasteiger partial charge in [-0.1, -0.05) is 12.1 Å². The van der Waals surface area contributed by atoms with Crippen LogP contribution in [0.1, 0.15) is 32.8 Å². The van der Waals surface area contributed by atoms with Gasteiger partial charge in [-0.3, -0.25) is 4.99 Å². The maximum Gasteiger partial charge on any atom is 0.407 e. The molecule has 0 atom stereocenters. The minimum Gasteiger partial charge on any atom is -0.444 e. The number of alkyl carbamates (subject to hydrolysis) is 1. The van der Waals surface area contributed by atoms with Gasteiger partial charge in [0, 0.05) is 33.7 Å². The second-order valence-corrected chi connectivity index (χ2v) is 7.13. The summed E-state index contributed by atoms with van der Waals surface area (Å²) in [5, 5.41) is 5.91. The van der Waals surface area contributed by atoms with Crippen molar-refractivity contribution >= 4 is 12.1 Å². The highest BCUT2D eigenvalue weighted by molar-refractivity contribution is 5.79. The van der Waals surface area contributed by atoms with Crippen LogP contribution in [0.4, 0.5) is 13.6 Å². The lowest BCUT2D eigenvalue weighted by Gasteiger charge is -2.22. The number of nitrogens with zero attached hydrogens (tertiary/aromatic N) is 2. The molecule has 0 unspecified atom stereocenters. The van der Waals surface area contributed by atoms with Gasteiger partial charge in [-0.25, -0.2) is 4.79 Å². The average molecular weight is 400 g/mol. The molecular weight excluding hydrogens is 370 g/mol. The van der Waals surface area contributed by atoms with E-state index in [1.807, 2.05) is 32.7 Å². The zero-order valence-corrected chi connectivity index (χ0v) is 17.1. The van der Waals surface area contributed by atoms with Crippen LogP contribution in [0, 0.1) is 0 Å². The fourth-order valence-electron chi connectivity index (χ4n) is 2.30. The summed E-state index contributed by atoms with van der Waals surface area (Å²) in [4.78, 5) is 17.7. The number of carbonyl (C=O) groups excluding carboxylic acids is 1. The summed E-state index contributed by atoms with van der Waals surface area (Å²) < 4.78 is 33.9. The number of aliphatic imine (C=N–C) groups is 1. The van der Waals surface area contributed by atoms with Gasteiger partial charge in [-0.05, 0) is 44.9 Å². The van der Waals surface area contributed by atoms with Gasteiger partial charge < -0.3 is 25.0 Å². The molecule has 0 heterocycles. The van der Waals surface area contributed by atoms with E-state index in [2.05, 4.69) is 20.4 Å². The summed E-state index contributed by atoms with van der Waals surface area (Å²) in [7, 11) is 3.55. The third-order valence-electron chi connectivity index (χ3n) is 3.45. The van der Waals surface area contributed by atoms with Crippen molar-refractivity contribution in [2.75, 3.05) is 27.2 Å². The van der Waals surface area contributed by atoms with Gasteiger partial charge >= 0.3 is 12.7 Å². The van der Waals surface area contributed by atoms with Crippen molar-refractivity contribution in [2.45, 2.75) is 45.9 Å². The summed E-state index contributed by atoms with van der Waals surface area (Å²) in [5.41, 5.74) is 0.412. The van der Waals surface area contributed by atoms with Crippen LogP contribution in [-0.2, 0) is 11.3 Å². The van der Waals surface area contributed by atoms with Crippen LogP contribution in [0.2, 0.25) is 0 Å². The van der Waals surface area contributed by atoms with Crippen molar-refractivity contribution in [1.82, 2.24) is 15.5 Å². The van der Waals surface area contributed by atoms with Crippen LogP contribution in [0.5, 0.6) is 5.75 Å². The molecule has 158 valence electrons. The first-order valence-corrected chi connectivity index (χ1v) is 9.03. The lowest BCUT2D eigenvalue weighted by molar-refractivity contribution is -0.0498. The molecule has 7 nitrogen and oxygen atoms in total. The van der Waals surface area contributed by atoms with Crippen molar-refractivity contribution in [3.63, 3.8) is 0 Å². The molecule has 9 heteroatoms. The minimum atomic E-state index is -2.83. The predicted molar refractivity (Wildman–Crippen MR) is 105 cm³/mol. The van der Waals surface area contributed by atoms with Crippen LogP contribution in [0.25, 0.3) is 0 Å². The Balaban J connectivity index is 2.35. The standard InChI is InChI=1S/C19H30F2N4O3/c1-19(2,3)28-18(26)24-12-6-11-23-17(22-4)25(5)13-14-7-9-15(10-8-14)27-16(20)21/h7-10,16H,6,11-13H2,1-5H3,(H,22,23)(H,24,26). The van der Waals surface area contributed by atoms with Crippen LogP contribution in [0.15, 0.2) is 29.3 Å².